The Labute approximate surface area is 140 Å². The third-order valence-corrected chi connectivity index (χ3v) is 4.09. The molecule has 1 aromatic carbocycles. The minimum absolute atomic E-state index is 0.0662. The van der Waals surface area contributed by atoms with Crippen LogP contribution in [-0.2, 0) is 11.8 Å². The molecule has 6 nitrogen and oxygen atoms in total. The zero-order valence-corrected chi connectivity index (χ0v) is 13.5. The minimum Gasteiger partial charge on any atom is -0.376 e. The molecule has 1 fully saturated rings. The highest BCUT2D eigenvalue weighted by molar-refractivity contribution is 5.74. The van der Waals surface area contributed by atoms with Crippen LogP contribution in [0, 0.1) is 5.82 Å². The molecule has 2 atom stereocenters. The van der Waals surface area contributed by atoms with Crippen molar-refractivity contribution in [2.75, 3.05) is 13.2 Å². The molecule has 1 aliphatic heterocycles. The number of carbonyl (C=O) groups excluding carboxylic acids is 1. The molecule has 1 saturated heterocycles. The average Bonchev–Trinajstić information content (AvgIpc) is 3.22. The second kappa shape index (κ2) is 7.44. The lowest BCUT2D eigenvalue weighted by molar-refractivity contribution is 0.111. The maximum Gasteiger partial charge on any atom is 0.315 e. The van der Waals surface area contributed by atoms with Crippen LogP contribution in [-0.4, -0.2) is 34.8 Å². The van der Waals surface area contributed by atoms with Crippen molar-refractivity contribution >= 4 is 6.03 Å². The minimum atomic E-state index is -0.537. The molecule has 24 heavy (non-hydrogen) atoms. The molecule has 1 aliphatic rings. The maximum atomic E-state index is 13.6. The monoisotopic (exact) mass is 332 g/mol. The summed E-state index contributed by atoms with van der Waals surface area (Å²) in [6.07, 6.45) is 5.47. The number of urea groups is 1. The van der Waals surface area contributed by atoms with E-state index in [0.717, 1.165) is 19.4 Å². The zero-order valence-electron chi connectivity index (χ0n) is 13.5. The zero-order chi connectivity index (χ0) is 16.9. The van der Waals surface area contributed by atoms with E-state index in [1.54, 1.807) is 29.1 Å². The predicted octanol–water partition coefficient (Wildman–Crippen LogP) is 2.13. The molecule has 0 aliphatic carbocycles. The van der Waals surface area contributed by atoms with Crippen molar-refractivity contribution in [2.45, 2.75) is 25.0 Å². The molecule has 2 heterocycles. The van der Waals surface area contributed by atoms with Gasteiger partial charge in [-0.05, 0) is 30.5 Å². The van der Waals surface area contributed by atoms with Gasteiger partial charge in [0.2, 0.25) is 0 Å². The van der Waals surface area contributed by atoms with Crippen LogP contribution in [0.2, 0.25) is 0 Å². The van der Waals surface area contributed by atoms with E-state index in [9.17, 15) is 9.18 Å². The van der Waals surface area contributed by atoms with Crippen LogP contribution in [0.4, 0.5) is 9.18 Å². The normalized spacial score (nSPS) is 18.3. The lowest BCUT2D eigenvalue weighted by Crippen LogP contribution is -2.42. The van der Waals surface area contributed by atoms with Crippen LogP contribution < -0.4 is 10.6 Å². The fourth-order valence-corrected chi connectivity index (χ4v) is 2.83. The van der Waals surface area contributed by atoms with E-state index in [0.29, 0.717) is 17.9 Å². The first-order valence-electron chi connectivity index (χ1n) is 8.02. The molecule has 0 spiro atoms. The predicted molar refractivity (Wildman–Crippen MR) is 87.0 cm³/mol. The molecule has 128 valence electrons. The molecule has 7 heteroatoms. The fourth-order valence-electron chi connectivity index (χ4n) is 2.83. The fraction of sp³-hybridized carbons (Fsp3) is 0.412. The van der Waals surface area contributed by atoms with Crippen molar-refractivity contribution in [3.05, 3.63) is 53.9 Å². The Balaban J connectivity index is 1.72. The summed E-state index contributed by atoms with van der Waals surface area (Å²) in [5.74, 6) is 0.279. The van der Waals surface area contributed by atoms with Crippen molar-refractivity contribution in [3.63, 3.8) is 0 Å². The molecule has 0 saturated carbocycles. The maximum absolute atomic E-state index is 13.6. The number of carbonyl (C=O) groups is 1. The molecule has 0 radical (unpaired) electrons. The van der Waals surface area contributed by atoms with Crippen molar-refractivity contribution in [2.24, 2.45) is 7.05 Å². The van der Waals surface area contributed by atoms with Crippen LogP contribution in [0.25, 0.3) is 0 Å². The smallest absolute Gasteiger partial charge is 0.315 e. The summed E-state index contributed by atoms with van der Waals surface area (Å²) in [5, 5.41) is 5.69. The second-order valence-electron chi connectivity index (χ2n) is 5.87. The summed E-state index contributed by atoms with van der Waals surface area (Å²) in [6, 6.07) is 5.29. The van der Waals surface area contributed by atoms with Gasteiger partial charge in [0, 0.05) is 32.6 Å². The summed E-state index contributed by atoms with van der Waals surface area (Å²) in [7, 11) is 1.83. The van der Waals surface area contributed by atoms with Crippen molar-refractivity contribution < 1.29 is 13.9 Å². The molecule has 3 rings (SSSR count). The first-order valence-corrected chi connectivity index (χ1v) is 8.02. The number of nitrogens with one attached hydrogen (secondary N) is 2. The summed E-state index contributed by atoms with van der Waals surface area (Å²) < 4.78 is 20.9. The van der Waals surface area contributed by atoms with Crippen molar-refractivity contribution in [1.82, 2.24) is 20.2 Å². The Kier molecular flexibility index (Phi) is 5.10. The molecule has 0 unspecified atom stereocenters. The number of halogens is 1. The van der Waals surface area contributed by atoms with E-state index >= 15 is 0 Å². The third-order valence-electron chi connectivity index (χ3n) is 4.09. The first kappa shape index (κ1) is 16.4. The topological polar surface area (TPSA) is 68.2 Å². The number of hydrogen-bond donors (Lipinski definition) is 2. The molecule has 2 N–H and O–H groups in total. The highest BCUT2D eigenvalue weighted by atomic mass is 19.1. The second-order valence-corrected chi connectivity index (χ2v) is 5.87. The molecule has 0 bridgehead atoms. The van der Waals surface area contributed by atoms with Gasteiger partial charge in [0.05, 0.1) is 6.10 Å². The third kappa shape index (κ3) is 3.91. The number of ether oxygens (including phenoxy) is 1. The Morgan fingerprint density at radius 3 is 3.08 bits per heavy atom. The molecule has 2 aromatic rings. The summed E-state index contributed by atoms with van der Waals surface area (Å²) >= 11 is 0. The van der Waals surface area contributed by atoms with Crippen LogP contribution in [0.5, 0.6) is 0 Å². The average molecular weight is 332 g/mol. The Hall–Kier alpha value is -2.41. The number of imidazole rings is 1. The first-order chi connectivity index (χ1) is 11.6. The Morgan fingerprint density at radius 1 is 1.54 bits per heavy atom. The van der Waals surface area contributed by atoms with Crippen LogP contribution in [0.15, 0.2) is 36.7 Å². The van der Waals surface area contributed by atoms with Crippen molar-refractivity contribution in [1.29, 1.82) is 0 Å². The van der Waals surface area contributed by atoms with Gasteiger partial charge in [0.15, 0.2) is 0 Å². The van der Waals surface area contributed by atoms with Crippen molar-refractivity contribution in [3.8, 4) is 0 Å². The van der Waals surface area contributed by atoms with Gasteiger partial charge in [-0.3, -0.25) is 0 Å². The van der Waals surface area contributed by atoms with E-state index < -0.39 is 6.04 Å². The lowest BCUT2D eigenvalue weighted by atomic mass is 10.1. The lowest BCUT2D eigenvalue weighted by Gasteiger charge is -2.20. The number of nitrogens with zero attached hydrogens (tertiary/aromatic N) is 2. The highest BCUT2D eigenvalue weighted by Gasteiger charge is 2.22. The van der Waals surface area contributed by atoms with Gasteiger partial charge in [0.25, 0.3) is 0 Å². The van der Waals surface area contributed by atoms with Gasteiger partial charge < -0.3 is 19.9 Å². The van der Waals surface area contributed by atoms with Crippen LogP contribution in [0.3, 0.4) is 0 Å². The van der Waals surface area contributed by atoms with E-state index in [1.807, 2.05) is 7.05 Å². The molecular formula is C17H21FN4O2. The number of benzene rings is 1. The van der Waals surface area contributed by atoms with Gasteiger partial charge in [-0.15, -0.1) is 0 Å². The highest BCUT2D eigenvalue weighted by Crippen LogP contribution is 2.21. The van der Waals surface area contributed by atoms with E-state index in [4.69, 9.17) is 4.74 Å². The summed E-state index contributed by atoms with van der Waals surface area (Å²) in [4.78, 5) is 16.6. The quantitative estimate of drug-likeness (QED) is 0.881. The van der Waals surface area contributed by atoms with Crippen LogP contribution in [0.1, 0.15) is 30.3 Å². The molecule has 1 aromatic heterocycles. The SMILES string of the molecule is Cn1ccnc1[C@@H](NC(=O)NC[C@H]1CCCO1)c1cccc(F)c1. The van der Waals surface area contributed by atoms with Gasteiger partial charge in [-0.2, -0.15) is 0 Å². The van der Waals surface area contributed by atoms with E-state index in [2.05, 4.69) is 15.6 Å². The van der Waals surface area contributed by atoms with Gasteiger partial charge in [0.1, 0.15) is 17.7 Å². The van der Waals surface area contributed by atoms with Gasteiger partial charge in [-0.25, -0.2) is 14.2 Å². The standard InChI is InChI=1S/C17H21FN4O2/c1-22-8-7-19-16(22)15(12-4-2-5-13(18)10-12)21-17(23)20-11-14-6-3-9-24-14/h2,4-5,7-8,10,14-15H,3,6,9,11H2,1H3,(H2,20,21,23)/t14-,15+/m1/s1. The number of amides is 2. The number of hydrogen-bond acceptors (Lipinski definition) is 3. The van der Waals surface area contributed by atoms with Crippen LogP contribution >= 0.6 is 0 Å². The van der Waals surface area contributed by atoms with Gasteiger partial charge in [-0.1, -0.05) is 12.1 Å². The van der Waals surface area contributed by atoms with E-state index in [-0.39, 0.29) is 18.0 Å². The largest absolute Gasteiger partial charge is 0.376 e. The Morgan fingerprint density at radius 2 is 2.42 bits per heavy atom. The summed E-state index contributed by atoms with van der Waals surface area (Å²) in [6.45, 7) is 1.20. The molecule has 2 amide bonds. The van der Waals surface area contributed by atoms with Gasteiger partial charge >= 0.3 is 6.03 Å². The summed E-state index contributed by atoms with van der Waals surface area (Å²) in [5.41, 5.74) is 0.636. The number of aryl methyl sites for hydroxylation is 1. The number of aromatic nitrogens is 2. The van der Waals surface area contributed by atoms with E-state index in [1.165, 1.54) is 12.1 Å². The Bertz CT molecular complexity index is 697. The number of rotatable bonds is 5. The molecular weight excluding hydrogens is 311 g/mol.